The Bertz CT molecular complexity index is 1380. The van der Waals surface area contributed by atoms with Gasteiger partial charge in [-0.25, -0.2) is 14.2 Å². The number of rotatable bonds is 6. The first-order chi connectivity index (χ1) is 17.9. The molecule has 0 radical (unpaired) electrons. The SMILES string of the molecule is O=C(N[C@H]1CC[C@@H](n2c(=O)c3cc(F)cnc3n(C3CCSCC3)c2=O)CC1)[C@@H](O)Cc1ccccc1. The highest BCUT2D eigenvalue weighted by Gasteiger charge is 2.30. The highest BCUT2D eigenvalue weighted by molar-refractivity contribution is 7.99. The Balaban J connectivity index is 1.34. The summed E-state index contributed by atoms with van der Waals surface area (Å²) in [6.45, 7) is 0. The van der Waals surface area contributed by atoms with E-state index in [1.165, 1.54) is 10.6 Å². The smallest absolute Gasteiger partial charge is 0.333 e. The molecule has 0 unspecified atom stereocenters. The number of hydrogen-bond donors (Lipinski definition) is 2. The summed E-state index contributed by atoms with van der Waals surface area (Å²) in [5.74, 6) is 0.801. The maximum atomic E-state index is 14.1. The zero-order valence-corrected chi connectivity index (χ0v) is 21.3. The van der Waals surface area contributed by atoms with Crippen molar-refractivity contribution >= 4 is 28.7 Å². The summed E-state index contributed by atoms with van der Waals surface area (Å²) in [4.78, 5) is 43.8. The molecular formula is C27H31FN4O4S. The average Bonchev–Trinajstić information content (AvgIpc) is 2.91. The number of nitrogens with zero attached hydrogens (tertiary/aromatic N) is 3. The molecule has 2 aliphatic rings. The zero-order chi connectivity index (χ0) is 25.9. The molecule has 1 aliphatic heterocycles. The minimum Gasteiger partial charge on any atom is -0.383 e. The molecule has 0 spiro atoms. The Morgan fingerprint density at radius 2 is 1.73 bits per heavy atom. The molecule has 37 heavy (non-hydrogen) atoms. The third-order valence-electron chi connectivity index (χ3n) is 7.46. The fourth-order valence-corrected chi connectivity index (χ4v) is 6.59. The van der Waals surface area contributed by atoms with Crippen molar-refractivity contribution in [3.63, 3.8) is 0 Å². The van der Waals surface area contributed by atoms with Crippen LogP contribution < -0.4 is 16.6 Å². The summed E-state index contributed by atoms with van der Waals surface area (Å²) < 4.78 is 17.0. The van der Waals surface area contributed by atoms with Crippen LogP contribution in [0.3, 0.4) is 0 Å². The molecule has 10 heteroatoms. The average molecular weight is 527 g/mol. The van der Waals surface area contributed by atoms with Gasteiger partial charge < -0.3 is 10.4 Å². The van der Waals surface area contributed by atoms with Crippen LogP contribution in [0.5, 0.6) is 0 Å². The van der Waals surface area contributed by atoms with E-state index in [9.17, 15) is 23.9 Å². The van der Waals surface area contributed by atoms with Crippen LogP contribution in [-0.2, 0) is 11.2 Å². The molecule has 3 aromatic rings. The number of aliphatic hydroxyl groups excluding tert-OH is 1. The van der Waals surface area contributed by atoms with E-state index < -0.39 is 23.4 Å². The second-order valence-electron chi connectivity index (χ2n) is 9.92. The van der Waals surface area contributed by atoms with Gasteiger partial charge in [-0.3, -0.25) is 18.7 Å². The van der Waals surface area contributed by atoms with Crippen LogP contribution in [0.2, 0.25) is 0 Å². The lowest BCUT2D eigenvalue weighted by Gasteiger charge is -2.32. The topological polar surface area (TPSA) is 106 Å². The largest absolute Gasteiger partial charge is 0.383 e. The number of amides is 1. The van der Waals surface area contributed by atoms with Gasteiger partial charge >= 0.3 is 5.69 Å². The van der Waals surface area contributed by atoms with E-state index in [1.807, 2.05) is 42.1 Å². The summed E-state index contributed by atoms with van der Waals surface area (Å²) in [5, 5.41) is 13.4. The molecule has 2 N–H and O–H groups in total. The number of pyridine rings is 1. The number of carbonyl (C=O) groups excluding carboxylic acids is 1. The van der Waals surface area contributed by atoms with Gasteiger partial charge in [0.2, 0.25) is 5.91 Å². The molecular weight excluding hydrogens is 495 g/mol. The molecule has 2 fully saturated rings. The fraction of sp³-hybridized carbons (Fsp3) is 0.481. The van der Waals surface area contributed by atoms with Gasteiger partial charge in [0.25, 0.3) is 5.56 Å². The van der Waals surface area contributed by atoms with Crippen molar-refractivity contribution in [2.24, 2.45) is 0 Å². The molecule has 1 amide bonds. The number of aromatic nitrogens is 3. The lowest BCUT2D eigenvalue weighted by molar-refractivity contribution is -0.130. The Hall–Kier alpha value is -2.98. The van der Waals surface area contributed by atoms with Crippen LogP contribution in [0.25, 0.3) is 11.0 Å². The normalized spacial score (nSPS) is 21.6. The van der Waals surface area contributed by atoms with Gasteiger partial charge in [0.15, 0.2) is 0 Å². The van der Waals surface area contributed by atoms with Gasteiger partial charge in [0.05, 0.1) is 11.6 Å². The third-order valence-corrected chi connectivity index (χ3v) is 8.51. The first-order valence-corrected chi connectivity index (χ1v) is 14.0. The molecule has 196 valence electrons. The number of fused-ring (bicyclic) bond motifs is 1. The van der Waals surface area contributed by atoms with Gasteiger partial charge in [0.1, 0.15) is 17.6 Å². The van der Waals surface area contributed by atoms with Crippen LogP contribution in [0.15, 0.2) is 52.2 Å². The van der Waals surface area contributed by atoms with Crippen LogP contribution in [0.4, 0.5) is 4.39 Å². The zero-order valence-electron chi connectivity index (χ0n) is 20.5. The maximum Gasteiger partial charge on any atom is 0.333 e. The molecule has 1 saturated carbocycles. The minimum absolute atomic E-state index is 0.0807. The molecule has 3 heterocycles. The number of benzene rings is 1. The monoisotopic (exact) mass is 526 g/mol. The molecule has 2 aromatic heterocycles. The van der Waals surface area contributed by atoms with Gasteiger partial charge in [-0.15, -0.1) is 0 Å². The molecule has 1 saturated heterocycles. The quantitative estimate of drug-likeness (QED) is 0.512. The van der Waals surface area contributed by atoms with Crippen molar-refractivity contribution in [1.29, 1.82) is 0 Å². The Morgan fingerprint density at radius 3 is 2.43 bits per heavy atom. The van der Waals surface area contributed by atoms with Crippen LogP contribution in [0.1, 0.15) is 56.2 Å². The fourth-order valence-electron chi connectivity index (χ4n) is 5.50. The summed E-state index contributed by atoms with van der Waals surface area (Å²) in [5.41, 5.74) is 0.222. The van der Waals surface area contributed by atoms with E-state index in [-0.39, 0.29) is 41.3 Å². The van der Waals surface area contributed by atoms with E-state index >= 15 is 0 Å². The molecule has 1 aromatic carbocycles. The van der Waals surface area contributed by atoms with Crippen molar-refractivity contribution in [3.05, 3.63) is 74.8 Å². The molecule has 8 nitrogen and oxygen atoms in total. The summed E-state index contributed by atoms with van der Waals surface area (Å²) in [6.07, 6.45) is 3.90. The number of aliphatic hydroxyl groups is 1. The molecule has 5 rings (SSSR count). The van der Waals surface area contributed by atoms with Gasteiger partial charge in [-0.2, -0.15) is 11.8 Å². The van der Waals surface area contributed by atoms with Crippen molar-refractivity contribution < 1.29 is 14.3 Å². The maximum absolute atomic E-state index is 14.1. The molecule has 1 aliphatic carbocycles. The minimum atomic E-state index is -1.15. The first kappa shape index (κ1) is 25.7. The van der Waals surface area contributed by atoms with Gasteiger partial charge in [-0.1, -0.05) is 30.3 Å². The van der Waals surface area contributed by atoms with Gasteiger partial charge in [0, 0.05) is 24.5 Å². The van der Waals surface area contributed by atoms with Crippen LogP contribution in [-0.4, -0.2) is 48.8 Å². The van der Waals surface area contributed by atoms with Crippen molar-refractivity contribution in [3.8, 4) is 0 Å². The third kappa shape index (κ3) is 5.50. The number of hydrogen-bond acceptors (Lipinski definition) is 6. The highest BCUT2D eigenvalue weighted by atomic mass is 32.2. The lowest BCUT2D eigenvalue weighted by atomic mass is 9.90. The number of nitrogens with one attached hydrogen (secondary N) is 1. The second kappa shape index (κ2) is 11.2. The number of carbonyl (C=O) groups is 1. The predicted octanol–water partition coefficient (Wildman–Crippen LogP) is 2.97. The van der Waals surface area contributed by atoms with Crippen molar-refractivity contribution in [2.75, 3.05) is 11.5 Å². The first-order valence-electron chi connectivity index (χ1n) is 12.8. The predicted molar refractivity (Wildman–Crippen MR) is 141 cm³/mol. The summed E-state index contributed by atoms with van der Waals surface area (Å²) >= 11 is 1.83. The molecule has 0 bridgehead atoms. The number of halogens is 1. The van der Waals surface area contributed by atoms with E-state index in [0.29, 0.717) is 25.7 Å². The lowest BCUT2D eigenvalue weighted by Crippen LogP contribution is -2.47. The Labute approximate surface area is 217 Å². The second-order valence-corrected chi connectivity index (χ2v) is 11.1. The van der Waals surface area contributed by atoms with E-state index in [2.05, 4.69) is 10.3 Å². The highest BCUT2D eigenvalue weighted by Crippen LogP contribution is 2.30. The Kier molecular flexibility index (Phi) is 7.76. The standard InChI is InChI=1S/C27H31FN4O4S/c28-18-15-22-24(29-16-18)31(21-10-12-37-13-11-21)27(36)32(26(22)35)20-8-6-19(7-9-20)30-25(34)23(33)14-17-4-2-1-3-5-17/h1-5,15-16,19-21,23,33H,6-14H2,(H,30,34)/t19-,20+,23-/m0/s1. The van der Waals surface area contributed by atoms with Crippen LogP contribution >= 0.6 is 11.8 Å². The number of thioether (sulfide) groups is 1. The summed E-state index contributed by atoms with van der Waals surface area (Å²) in [7, 11) is 0. The summed E-state index contributed by atoms with van der Waals surface area (Å²) in [6, 6.07) is 9.93. The van der Waals surface area contributed by atoms with E-state index in [1.54, 1.807) is 4.57 Å². The van der Waals surface area contributed by atoms with Crippen LogP contribution in [0, 0.1) is 5.82 Å². The molecule has 1 atom stereocenters. The van der Waals surface area contributed by atoms with Crippen molar-refractivity contribution in [2.45, 2.75) is 69.2 Å². The van der Waals surface area contributed by atoms with E-state index in [0.717, 1.165) is 36.1 Å². The Morgan fingerprint density at radius 1 is 1.05 bits per heavy atom. The van der Waals surface area contributed by atoms with Gasteiger partial charge in [-0.05, 0) is 61.7 Å². The van der Waals surface area contributed by atoms with E-state index in [4.69, 9.17) is 0 Å². The van der Waals surface area contributed by atoms with Crippen molar-refractivity contribution in [1.82, 2.24) is 19.4 Å².